The summed E-state index contributed by atoms with van der Waals surface area (Å²) in [6.45, 7) is 9.19. The highest BCUT2D eigenvalue weighted by Gasteiger charge is 2.26. The van der Waals surface area contributed by atoms with E-state index in [1.165, 1.54) is 0 Å². The maximum atomic E-state index is 12.8. The van der Waals surface area contributed by atoms with Crippen molar-refractivity contribution >= 4 is 10.0 Å². The van der Waals surface area contributed by atoms with Crippen molar-refractivity contribution in [1.82, 2.24) is 4.31 Å². The molecule has 0 unspecified atom stereocenters. The Hall–Kier alpha value is -0.910. The molecule has 0 amide bonds. The zero-order valence-electron chi connectivity index (χ0n) is 12.9. The monoisotopic (exact) mass is 298 g/mol. The predicted molar refractivity (Wildman–Crippen MR) is 83.4 cm³/mol. The van der Waals surface area contributed by atoms with Crippen molar-refractivity contribution in [3.8, 4) is 0 Å². The number of benzene rings is 1. The molecule has 0 radical (unpaired) electrons. The number of nitrogens with zero attached hydrogens (tertiary/aromatic N) is 1. The van der Waals surface area contributed by atoms with Crippen LogP contribution in [0, 0.1) is 20.8 Å². The molecule has 20 heavy (non-hydrogen) atoms. The normalized spacial score (nSPS) is 12.1. The molecule has 0 aliphatic carbocycles. The first-order valence-corrected chi connectivity index (χ1v) is 8.56. The van der Waals surface area contributed by atoms with Gasteiger partial charge in [-0.15, -0.1) is 0 Å². The lowest BCUT2D eigenvalue weighted by molar-refractivity contribution is 0.416. The van der Waals surface area contributed by atoms with Crippen molar-refractivity contribution in [2.45, 2.75) is 45.4 Å². The Labute approximate surface area is 123 Å². The Kier molecular flexibility index (Phi) is 6.17. The number of rotatable bonds is 7. The van der Waals surface area contributed by atoms with Gasteiger partial charge in [0.05, 0.1) is 4.90 Å². The van der Waals surface area contributed by atoms with E-state index in [1.54, 1.807) is 4.31 Å². The van der Waals surface area contributed by atoms with E-state index in [-0.39, 0.29) is 0 Å². The fourth-order valence-electron chi connectivity index (χ4n) is 2.58. The minimum atomic E-state index is -3.42. The zero-order valence-corrected chi connectivity index (χ0v) is 13.8. The molecule has 2 N–H and O–H groups in total. The molecule has 5 heteroatoms. The van der Waals surface area contributed by atoms with Gasteiger partial charge < -0.3 is 5.73 Å². The zero-order chi connectivity index (χ0) is 15.3. The Bertz CT molecular complexity index is 530. The van der Waals surface area contributed by atoms with Crippen molar-refractivity contribution in [3.63, 3.8) is 0 Å². The summed E-state index contributed by atoms with van der Waals surface area (Å²) in [6, 6.07) is 3.85. The van der Waals surface area contributed by atoms with Crippen LogP contribution >= 0.6 is 0 Å². The van der Waals surface area contributed by atoms with Crippen LogP contribution in [0.5, 0.6) is 0 Å². The van der Waals surface area contributed by atoms with Crippen LogP contribution in [0.4, 0.5) is 0 Å². The molecule has 1 aromatic carbocycles. The van der Waals surface area contributed by atoms with Gasteiger partial charge in [-0.1, -0.05) is 24.6 Å². The predicted octanol–water partition coefficient (Wildman–Crippen LogP) is 2.36. The first-order chi connectivity index (χ1) is 9.34. The largest absolute Gasteiger partial charge is 0.330 e. The Morgan fingerprint density at radius 2 is 1.65 bits per heavy atom. The average molecular weight is 298 g/mol. The molecule has 1 aromatic rings. The van der Waals surface area contributed by atoms with E-state index in [2.05, 4.69) is 0 Å². The van der Waals surface area contributed by atoms with Crippen molar-refractivity contribution < 1.29 is 8.42 Å². The minimum absolute atomic E-state index is 0.456. The highest BCUT2D eigenvalue weighted by molar-refractivity contribution is 7.89. The molecule has 0 aromatic heterocycles. The molecule has 0 spiro atoms. The third-order valence-corrected chi connectivity index (χ3v) is 5.70. The summed E-state index contributed by atoms with van der Waals surface area (Å²) in [4.78, 5) is 0.456. The first-order valence-electron chi connectivity index (χ1n) is 7.12. The molecule has 114 valence electrons. The quantitative estimate of drug-likeness (QED) is 0.786. The van der Waals surface area contributed by atoms with Gasteiger partial charge in [0.15, 0.2) is 0 Å². The third kappa shape index (κ3) is 3.81. The van der Waals surface area contributed by atoms with Crippen LogP contribution in [0.1, 0.15) is 36.5 Å². The van der Waals surface area contributed by atoms with E-state index in [9.17, 15) is 8.42 Å². The molecule has 0 aliphatic heterocycles. The Morgan fingerprint density at radius 3 is 2.10 bits per heavy atom. The third-order valence-electron chi connectivity index (χ3n) is 3.42. The lowest BCUT2D eigenvalue weighted by Crippen LogP contribution is -2.33. The SMILES string of the molecule is CCN(CCCCN)S(=O)(=O)c1c(C)cc(C)cc1C. The molecule has 0 aliphatic rings. The van der Waals surface area contributed by atoms with Crippen LogP contribution < -0.4 is 5.73 Å². The first kappa shape index (κ1) is 17.1. The Morgan fingerprint density at radius 1 is 1.10 bits per heavy atom. The molecule has 0 heterocycles. The second-order valence-electron chi connectivity index (χ2n) is 5.22. The van der Waals surface area contributed by atoms with Gasteiger partial charge in [0.2, 0.25) is 10.0 Å². The van der Waals surface area contributed by atoms with Crippen molar-refractivity contribution in [1.29, 1.82) is 0 Å². The van der Waals surface area contributed by atoms with E-state index >= 15 is 0 Å². The fraction of sp³-hybridized carbons (Fsp3) is 0.600. The lowest BCUT2D eigenvalue weighted by atomic mass is 10.1. The van der Waals surface area contributed by atoms with Crippen LogP contribution in [-0.2, 0) is 10.0 Å². The van der Waals surface area contributed by atoms with Crippen molar-refractivity contribution in [2.24, 2.45) is 5.73 Å². The van der Waals surface area contributed by atoms with Gasteiger partial charge in [0.25, 0.3) is 0 Å². The summed E-state index contributed by atoms with van der Waals surface area (Å²) >= 11 is 0. The highest BCUT2D eigenvalue weighted by atomic mass is 32.2. The molecule has 0 saturated carbocycles. The van der Waals surface area contributed by atoms with Crippen LogP contribution in [0.25, 0.3) is 0 Å². The molecule has 4 nitrogen and oxygen atoms in total. The Balaban J connectivity index is 3.14. The van der Waals surface area contributed by atoms with Crippen LogP contribution in [-0.4, -0.2) is 32.4 Å². The number of hydrogen-bond donors (Lipinski definition) is 1. The van der Waals surface area contributed by atoms with Gasteiger partial charge in [-0.25, -0.2) is 8.42 Å². The second kappa shape index (κ2) is 7.20. The number of unbranched alkanes of at least 4 members (excludes halogenated alkanes) is 1. The minimum Gasteiger partial charge on any atom is -0.330 e. The second-order valence-corrected chi connectivity index (χ2v) is 7.10. The van der Waals surface area contributed by atoms with Crippen molar-refractivity contribution in [3.05, 3.63) is 28.8 Å². The maximum Gasteiger partial charge on any atom is 0.243 e. The molecule has 0 saturated heterocycles. The lowest BCUT2D eigenvalue weighted by Gasteiger charge is -2.23. The number of aryl methyl sites for hydroxylation is 3. The van der Waals surface area contributed by atoms with Gasteiger partial charge in [-0.2, -0.15) is 4.31 Å². The van der Waals surface area contributed by atoms with Crippen LogP contribution in [0.15, 0.2) is 17.0 Å². The summed E-state index contributed by atoms with van der Waals surface area (Å²) in [7, 11) is -3.42. The number of nitrogens with two attached hydrogens (primary N) is 1. The van der Waals surface area contributed by atoms with Crippen molar-refractivity contribution in [2.75, 3.05) is 19.6 Å². The standard InChI is InChI=1S/C15H26N2O2S/c1-5-17(9-7-6-8-16)20(18,19)15-13(3)10-12(2)11-14(15)4/h10-11H,5-9,16H2,1-4H3. The molecule has 0 fully saturated rings. The molecular formula is C15H26N2O2S. The smallest absolute Gasteiger partial charge is 0.243 e. The summed E-state index contributed by atoms with van der Waals surface area (Å²) in [5, 5.41) is 0. The average Bonchev–Trinajstić information content (AvgIpc) is 2.32. The van der Waals surface area contributed by atoms with E-state index in [4.69, 9.17) is 5.73 Å². The van der Waals surface area contributed by atoms with Gasteiger partial charge in [-0.05, 0) is 51.3 Å². The fourth-order valence-corrected chi connectivity index (χ4v) is 4.48. The summed E-state index contributed by atoms with van der Waals surface area (Å²) < 4.78 is 27.2. The van der Waals surface area contributed by atoms with Gasteiger partial charge in [0, 0.05) is 13.1 Å². The number of sulfonamides is 1. The molecule has 1 rings (SSSR count). The highest BCUT2D eigenvalue weighted by Crippen LogP contribution is 2.25. The van der Waals surface area contributed by atoms with Gasteiger partial charge in [-0.3, -0.25) is 0 Å². The van der Waals surface area contributed by atoms with Gasteiger partial charge >= 0.3 is 0 Å². The summed E-state index contributed by atoms with van der Waals surface area (Å²) in [5.41, 5.74) is 8.20. The summed E-state index contributed by atoms with van der Waals surface area (Å²) in [6.07, 6.45) is 1.64. The topological polar surface area (TPSA) is 63.4 Å². The van der Waals surface area contributed by atoms with E-state index < -0.39 is 10.0 Å². The van der Waals surface area contributed by atoms with E-state index in [0.29, 0.717) is 24.5 Å². The van der Waals surface area contributed by atoms with E-state index in [1.807, 2.05) is 39.8 Å². The van der Waals surface area contributed by atoms with Crippen LogP contribution in [0.2, 0.25) is 0 Å². The molecule has 0 bridgehead atoms. The number of hydrogen-bond acceptors (Lipinski definition) is 3. The van der Waals surface area contributed by atoms with Gasteiger partial charge in [0.1, 0.15) is 0 Å². The molecular weight excluding hydrogens is 272 g/mol. The van der Waals surface area contributed by atoms with Crippen LogP contribution in [0.3, 0.4) is 0 Å². The maximum absolute atomic E-state index is 12.8. The summed E-state index contributed by atoms with van der Waals surface area (Å²) in [5.74, 6) is 0. The molecule has 0 atom stereocenters. The van der Waals surface area contributed by atoms with E-state index in [0.717, 1.165) is 29.5 Å².